The van der Waals surface area contributed by atoms with E-state index in [0.717, 1.165) is 17.4 Å². The molecule has 1 aliphatic rings. The average molecular weight is 316 g/mol. The molecule has 2 heteroatoms. The fourth-order valence-corrected chi connectivity index (χ4v) is 2.71. The highest BCUT2D eigenvalue weighted by atomic mass is 79.9. The zero-order valence-electron chi connectivity index (χ0n) is 10.9. The van der Waals surface area contributed by atoms with Crippen LogP contribution >= 0.6 is 15.9 Å². The first-order valence-corrected chi connectivity index (χ1v) is 7.59. The maximum Gasteiger partial charge on any atom is 0.0226 e. The molecule has 0 radical (unpaired) electrons. The van der Waals surface area contributed by atoms with Gasteiger partial charge in [0.25, 0.3) is 0 Å². The minimum Gasteiger partial charge on any atom is -0.307 e. The molecule has 0 spiro atoms. The molecule has 1 fully saturated rings. The van der Waals surface area contributed by atoms with Gasteiger partial charge in [0.05, 0.1) is 0 Å². The minimum atomic E-state index is 0.337. The Kier molecular flexibility index (Phi) is 3.72. The average Bonchev–Trinajstić information content (AvgIpc) is 3.21. The predicted octanol–water partition coefficient (Wildman–Crippen LogP) is 4.31. The molecule has 3 rings (SSSR count). The van der Waals surface area contributed by atoms with Crippen molar-refractivity contribution in [3.05, 3.63) is 70.2 Å². The van der Waals surface area contributed by atoms with Crippen LogP contribution in [0.5, 0.6) is 0 Å². The first kappa shape index (κ1) is 12.9. The van der Waals surface area contributed by atoms with Gasteiger partial charge in [0.15, 0.2) is 0 Å². The first-order chi connectivity index (χ1) is 9.26. The van der Waals surface area contributed by atoms with Crippen molar-refractivity contribution in [1.82, 2.24) is 5.32 Å². The normalized spacial score (nSPS) is 16.3. The lowest BCUT2D eigenvalue weighted by atomic mass is 10.0. The molecule has 1 aliphatic carbocycles. The Hall–Kier alpha value is -1.12. The molecule has 0 aromatic heterocycles. The van der Waals surface area contributed by atoms with Crippen LogP contribution in [-0.4, -0.2) is 5.54 Å². The van der Waals surface area contributed by atoms with Gasteiger partial charge in [-0.15, -0.1) is 0 Å². The summed E-state index contributed by atoms with van der Waals surface area (Å²) in [4.78, 5) is 0. The number of benzene rings is 2. The van der Waals surface area contributed by atoms with E-state index in [1.165, 1.54) is 24.0 Å². The summed E-state index contributed by atoms with van der Waals surface area (Å²) in [5, 5.41) is 3.74. The van der Waals surface area contributed by atoms with E-state index in [-0.39, 0.29) is 0 Å². The Balaban J connectivity index is 1.59. The Labute approximate surface area is 123 Å². The van der Waals surface area contributed by atoms with Gasteiger partial charge in [0.1, 0.15) is 0 Å². The van der Waals surface area contributed by atoms with Crippen molar-refractivity contribution < 1.29 is 0 Å². The molecule has 1 saturated carbocycles. The topological polar surface area (TPSA) is 12.0 Å². The molecule has 2 aromatic rings. The Morgan fingerprint density at radius 2 is 1.58 bits per heavy atom. The van der Waals surface area contributed by atoms with Crippen molar-refractivity contribution in [3.63, 3.8) is 0 Å². The van der Waals surface area contributed by atoms with E-state index in [2.05, 4.69) is 75.8 Å². The van der Waals surface area contributed by atoms with Crippen molar-refractivity contribution in [3.8, 4) is 0 Å². The number of halogens is 1. The second kappa shape index (κ2) is 5.48. The maximum absolute atomic E-state index is 3.74. The summed E-state index contributed by atoms with van der Waals surface area (Å²) in [5.41, 5.74) is 3.12. The molecule has 1 N–H and O–H groups in total. The third-order valence-corrected chi connectivity index (χ3v) is 4.35. The van der Waals surface area contributed by atoms with Crippen molar-refractivity contribution >= 4 is 15.9 Å². The predicted molar refractivity (Wildman–Crippen MR) is 83.1 cm³/mol. The molecule has 19 heavy (non-hydrogen) atoms. The molecule has 0 unspecified atom stereocenters. The lowest BCUT2D eigenvalue weighted by molar-refractivity contribution is 0.493. The molecule has 0 heterocycles. The zero-order chi connectivity index (χ0) is 13.1. The number of hydrogen-bond acceptors (Lipinski definition) is 1. The van der Waals surface area contributed by atoms with E-state index in [1.54, 1.807) is 0 Å². The van der Waals surface area contributed by atoms with Crippen LogP contribution in [0.4, 0.5) is 0 Å². The summed E-state index contributed by atoms with van der Waals surface area (Å²) in [6.45, 7) is 0.970. The van der Waals surface area contributed by atoms with Crippen LogP contribution in [0.3, 0.4) is 0 Å². The van der Waals surface area contributed by atoms with E-state index >= 15 is 0 Å². The van der Waals surface area contributed by atoms with Crippen LogP contribution < -0.4 is 5.32 Å². The van der Waals surface area contributed by atoms with E-state index < -0.39 is 0 Å². The molecule has 0 atom stereocenters. The van der Waals surface area contributed by atoms with Gasteiger partial charge in [-0.2, -0.15) is 0 Å². The largest absolute Gasteiger partial charge is 0.307 e. The molecule has 0 bridgehead atoms. The maximum atomic E-state index is 3.74. The highest BCUT2D eigenvalue weighted by molar-refractivity contribution is 9.10. The summed E-state index contributed by atoms with van der Waals surface area (Å²) in [6, 6.07) is 19.3. The third-order valence-electron chi connectivity index (χ3n) is 3.82. The number of nitrogens with one attached hydrogen (secondary N) is 1. The fourth-order valence-electron chi connectivity index (χ4n) is 2.45. The first-order valence-electron chi connectivity index (χ1n) is 6.79. The molecule has 0 aliphatic heterocycles. The Bertz CT molecular complexity index is 529. The second-order valence-electron chi connectivity index (χ2n) is 5.42. The van der Waals surface area contributed by atoms with Crippen LogP contribution in [0, 0.1) is 0 Å². The second-order valence-corrected chi connectivity index (χ2v) is 6.34. The summed E-state index contributed by atoms with van der Waals surface area (Å²) >= 11 is 3.49. The van der Waals surface area contributed by atoms with Crippen molar-refractivity contribution in [2.45, 2.75) is 31.3 Å². The summed E-state index contributed by atoms with van der Waals surface area (Å²) < 4.78 is 1.15. The molecule has 2 aromatic carbocycles. The van der Waals surface area contributed by atoms with Gasteiger partial charge in [-0.25, -0.2) is 0 Å². The molecule has 98 valence electrons. The minimum absolute atomic E-state index is 0.337. The smallest absolute Gasteiger partial charge is 0.0226 e. The molecule has 1 nitrogen and oxygen atoms in total. The summed E-state index contributed by atoms with van der Waals surface area (Å²) in [5.74, 6) is 0. The van der Waals surface area contributed by atoms with E-state index in [1.807, 2.05) is 0 Å². The summed E-state index contributed by atoms with van der Waals surface area (Å²) in [7, 11) is 0. The van der Waals surface area contributed by atoms with Gasteiger partial charge in [-0.05, 0) is 42.5 Å². The number of hydrogen-bond donors (Lipinski definition) is 1. The van der Waals surface area contributed by atoms with Crippen LogP contribution in [0.15, 0.2) is 59.1 Å². The van der Waals surface area contributed by atoms with Gasteiger partial charge in [0, 0.05) is 16.6 Å². The number of rotatable bonds is 5. The van der Waals surface area contributed by atoms with Gasteiger partial charge in [-0.1, -0.05) is 58.4 Å². The Morgan fingerprint density at radius 3 is 2.21 bits per heavy atom. The van der Waals surface area contributed by atoms with E-state index in [9.17, 15) is 0 Å². The van der Waals surface area contributed by atoms with Crippen LogP contribution in [0.2, 0.25) is 0 Å². The van der Waals surface area contributed by atoms with E-state index in [4.69, 9.17) is 0 Å². The molecular weight excluding hydrogens is 298 g/mol. The van der Waals surface area contributed by atoms with Crippen molar-refractivity contribution in [2.24, 2.45) is 0 Å². The lowest BCUT2D eigenvalue weighted by Gasteiger charge is -2.17. The summed E-state index contributed by atoms with van der Waals surface area (Å²) in [6.07, 6.45) is 3.71. The Morgan fingerprint density at radius 1 is 0.895 bits per heavy atom. The lowest BCUT2D eigenvalue weighted by Crippen LogP contribution is -2.32. The van der Waals surface area contributed by atoms with Crippen LogP contribution in [-0.2, 0) is 13.0 Å². The van der Waals surface area contributed by atoms with E-state index in [0.29, 0.717) is 5.54 Å². The van der Waals surface area contributed by atoms with Crippen LogP contribution in [0.1, 0.15) is 24.0 Å². The molecule has 0 amide bonds. The van der Waals surface area contributed by atoms with Gasteiger partial charge < -0.3 is 5.32 Å². The third kappa shape index (κ3) is 3.46. The van der Waals surface area contributed by atoms with Gasteiger partial charge in [0.2, 0.25) is 0 Å². The standard InChI is InChI=1S/C17H18BrN/c18-16-8-6-14(7-9-16)12-17(10-11-17)19-13-15-4-2-1-3-5-15/h1-9,19H,10-13H2. The van der Waals surface area contributed by atoms with Crippen molar-refractivity contribution in [1.29, 1.82) is 0 Å². The zero-order valence-corrected chi connectivity index (χ0v) is 12.5. The molecular formula is C17H18BrN. The van der Waals surface area contributed by atoms with Gasteiger partial charge >= 0.3 is 0 Å². The highest BCUT2D eigenvalue weighted by Crippen LogP contribution is 2.39. The van der Waals surface area contributed by atoms with Gasteiger partial charge in [-0.3, -0.25) is 0 Å². The fraction of sp³-hybridized carbons (Fsp3) is 0.294. The monoisotopic (exact) mass is 315 g/mol. The van der Waals surface area contributed by atoms with Crippen LogP contribution in [0.25, 0.3) is 0 Å². The molecule has 0 saturated heterocycles. The highest BCUT2D eigenvalue weighted by Gasteiger charge is 2.41. The van der Waals surface area contributed by atoms with Crippen molar-refractivity contribution in [2.75, 3.05) is 0 Å². The quantitative estimate of drug-likeness (QED) is 0.866. The SMILES string of the molecule is Brc1ccc(CC2(NCc3ccccc3)CC2)cc1.